The van der Waals surface area contributed by atoms with E-state index in [1.807, 2.05) is 42.5 Å². The average Bonchev–Trinajstić information content (AvgIpc) is 3.41. The summed E-state index contributed by atoms with van der Waals surface area (Å²) in [4.78, 5) is 16.2. The Labute approximate surface area is 213 Å². The van der Waals surface area contributed by atoms with Gasteiger partial charge in [-0.25, -0.2) is 9.97 Å². The van der Waals surface area contributed by atoms with E-state index in [4.69, 9.17) is 16.1 Å². The van der Waals surface area contributed by atoms with Crippen molar-refractivity contribution >= 4 is 75.9 Å². The van der Waals surface area contributed by atoms with E-state index < -0.39 is 0 Å². The lowest BCUT2D eigenvalue weighted by Crippen LogP contribution is -2.10. The fourth-order valence-electron chi connectivity index (χ4n) is 3.94. The summed E-state index contributed by atoms with van der Waals surface area (Å²) in [7, 11) is 0. The van der Waals surface area contributed by atoms with E-state index >= 15 is 0 Å². The van der Waals surface area contributed by atoms with E-state index in [1.54, 1.807) is 0 Å². The van der Waals surface area contributed by atoms with Gasteiger partial charge in [-0.1, -0.05) is 36.4 Å². The molecule has 0 saturated carbocycles. The van der Waals surface area contributed by atoms with Crippen molar-refractivity contribution in [2.45, 2.75) is 0 Å². The molecule has 0 aliphatic heterocycles. The zero-order valence-corrected chi connectivity index (χ0v) is 20.2. The second-order valence-corrected chi connectivity index (χ2v) is 7.61. The highest BCUT2D eigenvalue weighted by Crippen LogP contribution is 2.28. The summed E-state index contributed by atoms with van der Waals surface area (Å²) in [5, 5.41) is 10.0. The van der Waals surface area contributed by atoms with Crippen molar-refractivity contribution in [3.8, 4) is 22.8 Å². The zero-order chi connectivity index (χ0) is 20.9. The van der Waals surface area contributed by atoms with Crippen LogP contribution in [0.15, 0.2) is 78.9 Å². The lowest BCUT2D eigenvalue weighted by Gasteiger charge is -2.00. The molecule has 0 aliphatic rings. The SMILES string of the molecule is Cl.Cl.Cl.N=C(N)c1ccc2nc(-c3ccc4nc(-c5ccc6ccccc6c5)[nH]c4c3)[nH]c2c1. The molecule has 0 saturated heterocycles. The summed E-state index contributed by atoms with van der Waals surface area (Å²) in [6, 6.07) is 26.3. The van der Waals surface area contributed by atoms with E-state index in [-0.39, 0.29) is 43.1 Å². The van der Waals surface area contributed by atoms with Crippen molar-refractivity contribution in [1.29, 1.82) is 5.41 Å². The molecule has 0 radical (unpaired) electrons. The Balaban J connectivity index is 0.00000108. The third-order valence-electron chi connectivity index (χ3n) is 5.57. The Bertz CT molecular complexity index is 1640. The molecule has 0 amide bonds. The number of halogens is 3. The number of fused-ring (bicyclic) bond motifs is 3. The number of nitrogen functional groups attached to an aromatic ring is 1. The van der Waals surface area contributed by atoms with Crippen LogP contribution in [0.25, 0.3) is 55.6 Å². The number of nitrogens with zero attached hydrogens (tertiary/aromatic N) is 2. The third kappa shape index (κ3) is 4.31. The number of rotatable bonds is 3. The second kappa shape index (κ2) is 9.73. The smallest absolute Gasteiger partial charge is 0.138 e. The molecule has 0 bridgehead atoms. The first-order chi connectivity index (χ1) is 15.1. The molecule has 0 aliphatic carbocycles. The average molecular weight is 512 g/mol. The van der Waals surface area contributed by atoms with Gasteiger partial charge in [-0.15, -0.1) is 37.2 Å². The Morgan fingerprint density at radius 1 is 0.647 bits per heavy atom. The van der Waals surface area contributed by atoms with Crippen LogP contribution in [-0.4, -0.2) is 25.8 Å². The number of aromatic nitrogens is 4. The summed E-state index contributed by atoms with van der Waals surface area (Å²) in [6.07, 6.45) is 0. The van der Waals surface area contributed by atoms with Crippen LogP contribution in [0.3, 0.4) is 0 Å². The van der Waals surface area contributed by atoms with Crippen LogP contribution in [0.1, 0.15) is 5.56 Å². The zero-order valence-electron chi connectivity index (χ0n) is 17.7. The first-order valence-electron chi connectivity index (χ1n) is 9.97. The van der Waals surface area contributed by atoms with E-state index in [9.17, 15) is 0 Å². The van der Waals surface area contributed by atoms with Crippen molar-refractivity contribution in [3.05, 3.63) is 84.4 Å². The van der Waals surface area contributed by atoms with Crippen LogP contribution in [0, 0.1) is 5.41 Å². The van der Waals surface area contributed by atoms with Crippen molar-refractivity contribution in [2.75, 3.05) is 0 Å². The van der Waals surface area contributed by atoms with Gasteiger partial charge >= 0.3 is 0 Å². The van der Waals surface area contributed by atoms with Gasteiger partial charge in [-0.3, -0.25) is 5.41 Å². The Kier molecular flexibility index (Phi) is 7.17. The first kappa shape index (κ1) is 25.1. The molecule has 6 aromatic rings. The van der Waals surface area contributed by atoms with Crippen LogP contribution in [0.2, 0.25) is 0 Å². The molecule has 0 unspecified atom stereocenters. The summed E-state index contributed by atoms with van der Waals surface area (Å²) in [5.74, 6) is 1.64. The summed E-state index contributed by atoms with van der Waals surface area (Å²) >= 11 is 0. The highest BCUT2D eigenvalue weighted by atomic mass is 35.5. The number of imidazole rings is 2. The van der Waals surface area contributed by atoms with E-state index in [1.165, 1.54) is 10.8 Å². The van der Waals surface area contributed by atoms with Crippen molar-refractivity contribution in [1.82, 2.24) is 19.9 Å². The second-order valence-electron chi connectivity index (χ2n) is 7.61. The Morgan fingerprint density at radius 3 is 1.88 bits per heavy atom. The fraction of sp³-hybridized carbons (Fsp3) is 0. The van der Waals surface area contributed by atoms with Gasteiger partial charge in [0.15, 0.2) is 0 Å². The number of hydrogen-bond acceptors (Lipinski definition) is 3. The number of hydrogen-bond donors (Lipinski definition) is 4. The lowest BCUT2D eigenvalue weighted by molar-refractivity contribution is 1.33. The molecule has 0 fully saturated rings. The molecular weight excluding hydrogens is 491 g/mol. The van der Waals surface area contributed by atoms with Crippen molar-refractivity contribution < 1.29 is 0 Å². The normalized spacial score (nSPS) is 10.5. The largest absolute Gasteiger partial charge is 0.384 e. The van der Waals surface area contributed by atoms with Gasteiger partial charge in [-0.2, -0.15) is 0 Å². The number of nitrogens with one attached hydrogen (secondary N) is 3. The third-order valence-corrected chi connectivity index (χ3v) is 5.57. The minimum atomic E-state index is 0. The molecule has 6 rings (SSSR count). The Morgan fingerprint density at radius 2 is 1.21 bits per heavy atom. The summed E-state index contributed by atoms with van der Waals surface area (Å²) < 4.78 is 0. The maximum absolute atomic E-state index is 7.62. The molecule has 5 N–H and O–H groups in total. The van der Waals surface area contributed by atoms with E-state index in [0.29, 0.717) is 5.56 Å². The highest BCUT2D eigenvalue weighted by molar-refractivity contribution is 5.98. The molecular formula is C25H21Cl3N6. The number of amidine groups is 1. The van der Waals surface area contributed by atoms with Crippen LogP contribution in [-0.2, 0) is 0 Å². The van der Waals surface area contributed by atoms with Crippen molar-refractivity contribution in [3.63, 3.8) is 0 Å². The Hall–Kier alpha value is -3.58. The maximum Gasteiger partial charge on any atom is 0.138 e. The molecule has 172 valence electrons. The van der Waals surface area contributed by atoms with Crippen LogP contribution < -0.4 is 5.73 Å². The monoisotopic (exact) mass is 510 g/mol. The van der Waals surface area contributed by atoms with Crippen LogP contribution in [0.4, 0.5) is 0 Å². The predicted octanol–water partition coefficient (Wildman–Crippen LogP) is 6.48. The fourth-order valence-corrected chi connectivity index (χ4v) is 3.94. The molecule has 2 aromatic heterocycles. The predicted molar refractivity (Wildman–Crippen MR) is 147 cm³/mol. The minimum absolute atomic E-state index is 0. The van der Waals surface area contributed by atoms with Crippen LogP contribution >= 0.6 is 37.2 Å². The van der Waals surface area contributed by atoms with Gasteiger partial charge < -0.3 is 15.7 Å². The van der Waals surface area contributed by atoms with Gasteiger partial charge in [0, 0.05) is 16.7 Å². The van der Waals surface area contributed by atoms with Crippen molar-refractivity contribution in [2.24, 2.45) is 5.73 Å². The van der Waals surface area contributed by atoms with Gasteiger partial charge in [0.1, 0.15) is 17.5 Å². The van der Waals surface area contributed by atoms with Gasteiger partial charge in [0.05, 0.1) is 22.1 Å². The highest BCUT2D eigenvalue weighted by Gasteiger charge is 2.11. The topological polar surface area (TPSA) is 107 Å². The first-order valence-corrected chi connectivity index (χ1v) is 9.97. The quantitative estimate of drug-likeness (QED) is 0.161. The van der Waals surface area contributed by atoms with E-state index in [0.717, 1.165) is 44.8 Å². The summed E-state index contributed by atoms with van der Waals surface area (Å²) in [6.45, 7) is 0. The molecule has 4 aromatic carbocycles. The molecule has 2 heterocycles. The van der Waals surface area contributed by atoms with Gasteiger partial charge in [-0.05, 0) is 53.2 Å². The number of nitrogens with two attached hydrogens (primary N) is 1. The van der Waals surface area contributed by atoms with Crippen LogP contribution in [0.5, 0.6) is 0 Å². The molecule has 0 spiro atoms. The standard InChI is InChI=1S/C25H18N6.3ClH/c26-23(27)16-7-9-19-21(12-16)30-25(29-19)18-8-10-20-22(13-18)31-24(28-20)17-6-5-14-3-1-2-4-15(14)11-17;;;/h1-13H,(H3,26,27)(H,28,31)(H,29,30);3*1H. The molecule has 9 heteroatoms. The van der Waals surface area contributed by atoms with Gasteiger partial charge in [0.2, 0.25) is 0 Å². The molecule has 34 heavy (non-hydrogen) atoms. The van der Waals surface area contributed by atoms with E-state index in [2.05, 4.69) is 51.4 Å². The summed E-state index contributed by atoms with van der Waals surface area (Å²) in [5.41, 5.74) is 11.8. The number of H-pyrrole nitrogens is 2. The number of benzene rings is 4. The number of aromatic amines is 2. The van der Waals surface area contributed by atoms with Gasteiger partial charge in [0.25, 0.3) is 0 Å². The minimum Gasteiger partial charge on any atom is -0.384 e. The lowest BCUT2D eigenvalue weighted by atomic mass is 10.1. The molecule has 0 atom stereocenters. The maximum atomic E-state index is 7.62. The molecule has 6 nitrogen and oxygen atoms in total.